The lowest BCUT2D eigenvalue weighted by molar-refractivity contribution is -0.0399. The molecule has 6 aromatic rings. The summed E-state index contributed by atoms with van der Waals surface area (Å²) in [5, 5.41) is 2.57. The molecule has 1 nitrogen and oxygen atoms in total. The highest BCUT2D eigenvalue weighted by molar-refractivity contribution is 5.97. The van der Waals surface area contributed by atoms with Gasteiger partial charge in [-0.05, 0) is 136 Å². The fraction of sp³-hybridized carbons (Fsp3) is 0.227. The fourth-order valence-electron chi connectivity index (χ4n) is 10.6. The van der Waals surface area contributed by atoms with Crippen LogP contribution in [-0.2, 0) is 5.41 Å². The summed E-state index contributed by atoms with van der Waals surface area (Å²) in [6.45, 7) is 0. The number of hydrogen-bond donors (Lipinski definition) is 0. The van der Waals surface area contributed by atoms with E-state index in [0.717, 1.165) is 23.7 Å². The van der Waals surface area contributed by atoms with Gasteiger partial charge in [-0.25, -0.2) is 0 Å². The molecule has 0 atom stereocenters. The monoisotopic (exact) mass is 579 g/mol. The Morgan fingerprint density at radius 1 is 0.444 bits per heavy atom. The predicted octanol–water partition coefficient (Wildman–Crippen LogP) is 11.7. The predicted molar refractivity (Wildman–Crippen MR) is 187 cm³/mol. The number of benzene rings is 6. The van der Waals surface area contributed by atoms with Crippen LogP contribution in [0.1, 0.15) is 43.2 Å². The molecule has 0 N–H and O–H groups in total. The van der Waals surface area contributed by atoms with Crippen molar-refractivity contribution in [2.45, 2.75) is 37.5 Å². The van der Waals surface area contributed by atoms with Crippen LogP contribution in [0.25, 0.3) is 33.0 Å². The minimum Gasteiger partial charge on any atom is -0.310 e. The van der Waals surface area contributed by atoms with Crippen LogP contribution in [0.2, 0.25) is 0 Å². The highest BCUT2D eigenvalue weighted by Gasteiger charge is 2.61. The lowest BCUT2D eigenvalue weighted by Crippen LogP contribution is -2.55. The van der Waals surface area contributed by atoms with Crippen molar-refractivity contribution in [2.24, 2.45) is 23.7 Å². The van der Waals surface area contributed by atoms with Crippen LogP contribution in [0.5, 0.6) is 0 Å². The molecule has 0 heterocycles. The van der Waals surface area contributed by atoms with Crippen molar-refractivity contribution in [3.05, 3.63) is 151 Å². The lowest BCUT2D eigenvalue weighted by Gasteiger charge is -2.61. The minimum absolute atomic E-state index is 0.204. The maximum absolute atomic E-state index is 2.54. The molecule has 1 heteroatoms. The third-order valence-electron chi connectivity index (χ3n) is 12.0. The maximum atomic E-state index is 2.54. The van der Waals surface area contributed by atoms with Crippen molar-refractivity contribution in [2.75, 3.05) is 4.90 Å². The molecule has 4 saturated carbocycles. The van der Waals surface area contributed by atoms with E-state index in [1.165, 1.54) is 82.2 Å². The average molecular weight is 580 g/mol. The molecule has 4 fully saturated rings. The summed E-state index contributed by atoms with van der Waals surface area (Å²) in [5.41, 5.74) is 12.5. The quantitative estimate of drug-likeness (QED) is 0.201. The lowest BCUT2D eigenvalue weighted by atomic mass is 9.43. The molecule has 11 rings (SSSR count). The first kappa shape index (κ1) is 25.7. The van der Waals surface area contributed by atoms with Crippen LogP contribution in [-0.4, -0.2) is 0 Å². The summed E-state index contributed by atoms with van der Waals surface area (Å²) in [5.74, 6) is 3.49. The third kappa shape index (κ3) is 3.67. The maximum Gasteiger partial charge on any atom is 0.0468 e. The number of rotatable bonds is 4. The van der Waals surface area contributed by atoms with Gasteiger partial charge in [-0.3, -0.25) is 0 Å². The van der Waals surface area contributed by atoms with E-state index in [4.69, 9.17) is 0 Å². The Hall–Kier alpha value is -4.62. The molecule has 5 aliphatic carbocycles. The van der Waals surface area contributed by atoms with Crippen LogP contribution in [0.3, 0.4) is 0 Å². The number of para-hydroxylation sites is 1. The largest absolute Gasteiger partial charge is 0.310 e. The molecule has 0 aliphatic heterocycles. The summed E-state index contributed by atoms with van der Waals surface area (Å²) in [4.78, 5) is 2.44. The van der Waals surface area contributed by atoms with Crippen molar-refractivity contribution in [1.82, 2.24) is 0 Å². The Bertz CT molecular complexity index is 2040. The molecule has 0 radical (unpaired) electrons. The van der Waals surface area contributed by atoms with Gasteiger partial charge in [-0.15, -0.1) is 0 Å². The van der Waals surface area contributed by atoms with E-state index >= 15 is 0 Å². The van der Waals surface area contributed by atoms with Gasteiger partial charge in [0, 0.05) is 22.5 Å². The summed E-state index contributed by atoms with van der Waals surface area (Å²) < 4.78 is 0. The number of hydrogen-bond acceptors (Lipinski definition) is 1. The standard InChI is InChI=1S/C44H37N/c1-2-11-35(12-3-1)45(36-19-17-32(18-20-36)39-15-8-10-31-9-4-5-13-38(31)39)37-21-22-43-41(28-37)40-14-6-7-16-42(40)44(43)33-24-29-23-30(26-33)27-34(44)25-29/h1-22,28-30,33-34H,23-27H2. The van der Waals surface area contributed by atoms with Crippen molar-refractivity contribution < 1.29 is 0 Å². The minimum atomic E-state index is 0.204. The average Bonchev–Trinajstić information content (AvgIpc) is 3.38. The second-order valence-corrected chi connectivity index (χ2v) is 14.2. The van der Waals surface area contributed by atoms with Gasteiger partial charge < -0.3 is 4.90 Å². The van der Waals surface area contributed by atoms with Gasteiger partial charge in [0.1, 0.15) is 0 Å². The summed E-state index contributed by atoms with van der Waals surface area (Å²) in [6, 6.07) is 52.3. The Labute approximate surface area is 266 Å². The van der Waals surface area contributed by atoms with Gasteiger partial charge in [-0.1, -0.05) is 103 Å². The van der Waals surface area contributed by atoms with Crippen LogP contribution in [0.15, 0.2) is 140 Å². The number of nitrogens with zero attached hydrogens (tertiary/aromatic N) is 1. The Morgan fingerprint density at radius 2 is 1.04 bits per heavy atom. The molecule has 45 heavy (non-hydrogen) atoms. The molecule has 218 valence electrons. The molecular formula is C44H37N. The van der Waals surface area contributed by atoms with E-state index in [0.29, 0.717) is 0 Å². The van der Waals surface area contributed by atoms with Crippen LogP contribution < -0.4 is 4.90 Å². The van der Waals surface area contributed by atoms with E-state index in [9.17, 15) is 0 Å². The normalized spacial score (nSPS) is 25.4. The first-order valence-electron chi connectivity index (χ1n) is 16.9. The van der Waals surface area contributed by atoms with E-state index in [2.05, 4.69) is 144 Å². The van der Waals surface area contributed by atoms with E-state index < -0.39 is 0 Å². The van der Waals surface area contributed by atoms with Crippen molar-refractivity contribution in [3.8, 4) is 22.3 Å². The first-order valence-corrected chi connectivity index (χ1v) is 16.9. The molecule has 6 aromatic carbocycles. The molecule has 4 bridgehead atoms. The van der Waals surface area contributed by atoms with Gasteiger partial charge >= 0.3 is 0 Å². The summed E-state index contributed by atoms with van der Waals surface area (Å²) >= 11 is 0. The van der Waals surface area contributed by atoms with Gasteiger partial charge in [0.2, 0.25) is 0 Å². The van der Waals surface area contributed by atoms with Crippen LogP contribution >= 0.6 is 0 Å². The second-order valence-electron chi connectivity index (χ2n) is 14.2. The zero-order valence-electron chi connectivity index (χ0n) is 25.6. The molecule has 0 unspecified atom stereocenters. The van der Waals surface area contributed by atoms with Gasteiger partial charge in [0.05, 0.1) is 0 Å². The molecule has 0 saturated heterocycles. The first-order chi connectivity index (χ1) is 22.3. The van der Waals surface area contributed by atoms with Gasteiger partial charge in [0.15, 0.2) is 0 Å². The van der Waals surface area contributed by atoms with Gasteiger partial charge in [-0.2, -0.15) is 0 Å². The molecule has 5 aliphatic rings. The van der Waals surface area contributed by atoms with E-state index in [1.807, 2.05) is 0 Å². The Morgan fingerprint density at radius 3 is 1.84 bits per heavy atom. The zero-order chi connectivity index (χ0) is 29.5. The Kier molecular flexibility index (Phi) is 5.53. The Balaban J connectivity index is 1.11. The molecule has 0 amide bonds. The highest BCUT2D eigenvalue weighted by atomic mass is 15.1. The SMILES string of the molecule is c1ccc(N(c2ccc(-c3cccc4ccccc34)cc2)c2ccc3c(c2)-c2ccccc2C32C3CC4CC(C3)CC2C4)cc1. The highest BCUT2D eigenvalue weighted by Crippen LogP contribution is 2.69. The van der Waals surface area contributed by atoms with E-state index in [1.54, 1.807) is 11.1 Å². The molecule has 1 spiro atoms. The van der Waals surface area contributed by atoms with Crippen molar-refractivity contribution in [1.29, 1.82) is 0 Å². The third-order valence-corrected chi connectivity index (χ3v) is 12.0. The number of fused-ring (bicyclic) bond motifs is 4. The smallest absolute Gasteiger partial charge is 0.0468 e. The van der Waals surface area contributed by atoms with Crippen molar-refractivity contribution in [3.63, 3.8) is 0 Å². The fourth-order valence-corrected chi connectivity index (χ4v) is 10.6. The molecule has 0 aromatic heterocycles. The van der Waals surface area contributed by atoms with Crippen LogP contribution in [0, 0.1) is 23.7 Å². The van der Waals surface area contributed by atoms with Gasteiger partial charge in [0.25, 0.3) is 0 Å². The van der Waals surface area contributed by atoms with Crippen LogP contribution in [0.4, 0.5) is 17.1 Å². The zero-order valence-corrected chi connectivity index (χ0v) is 25.6. The summed E-state index contributed by atoms with van der Waals surface area (Å²) in [7, 11) is 0. The topological polar surface area (TPSA) is 3.24 Å². The summed E-state index contributed by atoms with van der Waals surface area (Å²) in [6.07, 6.45) is 7.16. The second kappa shape index (κ2) is 9.69. The van der Waals surface area contributed by atoms with Crippen molar-refractivity contribution >= 4 is 27.8 Å². The molecular weight excluding hydrogens is 542 g/mol. The van der Waals surface area contributed by atoms with E-state index in [-0.39, 0.29) is 5.41 Å². The number of anilines is 3.